The van der Waals surface area contributed by atoms with E-state index >= 15 is 0 Å². The third-order valence-corrected chi connectivity index (χ3v) is 4.66. The van der Waals surface area contributed by atoms with Gasteiger partial charge in [-0.05, 0) is 31.2 Å². The van der Waals surface area contributed by atoms with Gasteiger partial charge in [0.05, 0.1) is 11.9 Å². The van der Waals surface area contributed by atoms with E-state index in [-0.39, 0.29) is 10.6 Å². The van der Waals surface area contributed by atoms with Crippen LogP contribution >= 0.6 is 11.6 Å². The van der Waals surface area contributed by atoms with Gasteiger partial charge in [0.15, 0.2) is 0 Å². The molecule has 0 radical (unpaired) electrons. The summed E-state index contributed by atoms with van der Waals surface area (Å²) >= 11 is 6.30. The molecule has 0 saturated heterocycles. The van der Waals surface area contributed by atoms with Crippen LogP contribution in [0.4, 0.5) is 5.69 Å². The molecule has 0 bridgehead atoms. The van der Waals surface area contributed by atoms with Crippen LogP contribution in [0.3, 0.4) is 0 Å². The van der Waals surface area contributed by atoms with Crippen molar-refractivity contribution in [3.8, 4) is 0 Å². The minimum atomic E-state index is -0.211. The lowest BCUT2D eigenvalue weighted by Crippen LogP contribution is -2.39. The van der Waals surface area contributed by atoms with Gasteiger partial charge < -0.3 is 10.6 Å². The van der Waals surface area contributed by atoms with E-state index in [1.807, 2.05) is 20.9 Å². The quantitative estimate of drug-likeness (QED) is 0.904. The van der Waals surface area contributed by atoms with E-state index in [9.17, 15) is 4.79 Å². The zero-order valence-electron chi connectivity index (χ0n) is 13.1. The highest BCUT2D eigenvalue weighted by atomic mass is 35.5. The van der Waals surface area contributed by atoms with Crippen molar-refractivity contribution in [2.75, 3.05) is 18.5 Å². The van der Waals surface area contributed by atoms with Crippen molar-refractivity contribution in [1.29, 1.82) is 0 Å². The molecule has 1 heterocycles. The first kappa shape index (κ1) is 16.3. The van der Waals surface area contributed by atoms with Gasteiger partial charge in [-0.3, -0.25) is 4.79 Å². The first-order valence-corrected chi connectivity index (χ1v) is 8.02. The fourth-order valence-electron chi connectivity index (χ4n) is 3.16. The highest BCUT2D eigenvalue weighted by Crippen LogP contribution is 2.33. The van der Waals surface area contributed by atoms with Crippen molar-refractivity contribution in [3.63, 3.8) is 0 Å². The Balaban J connectivity index is 2.28. The lowest BCUT2D eigenvalue weighted by Gasteiger charge is -2.31. The summed E-state index contributed by atoms with van der Waals surface area (Å²) < 4.78 is 1.44. The number of hydrogen-bond donors (Lipinski definition) is 1. The van der Waals surface area contributed by atoms with E-state index in [4.69, 9.17) is 17.3 Å². The van der Waals surface area contributed by atoms with Crippen molar-refractivity contribution in [2.24, 2.45) is 17.6 Å². The number of nitrogens with zero attached hydrogens (tertiary/aromatic N) is 3. The monoisotopic (exact) mass is 312 g/mol. The van der Waals surface area contributed by atoms with Gasteiger partial charge in [-0.1, -0.05) is 31.9 Å². The Kier molecular flexibility index (Phi) is 5.27. The number of halogens is 1. The molecular formula is C15H25ClN4O. The molecule has 0 aromatic carbocycles. The molecule has 21 heavy (non-hydrogen) atoms. The zero-order chi connectivity index (χ0) is 15.6. The Hall–Kier alpha value is -1.07. The highest BCUT2D eigenvalue weighted by molar-refractivity contribution is 6.33. The molecule has 0 amide bonds. The highest BCUT2D eigenvalue weighted by Gasteiger charge is 2.31. The van der Waals surface area contributed by atoms with E-state index in [1.54, 1.807) is 6.20 Å². The van der Waals surface area contributed by atoms with Crippen LogP contribution in [0.15, 0.2) is 11.0 Å². The molecule has 2 N–H and O–H groups in total. The molecule has 118 valence electrons. The molecule has 0 aliphatic heterocycles. The molecule has 2 atom stereocenters. The van der Waals surface area contributed by atoms with Gasteiger partial charge in [-0.2, -0.15) is 5.10 Å². The van der Waals surface area contributed by atoms with Gasteiger partial charge in [0, 0.05) is 19.6 Å². The minimum Gasteiger partial charge on any atom is -0.369 e. The summed E-state index contributed by atoms with van der Waals surface area (Å²) in [5, 5.41) is 4.53. The van der Waals surface area contributed by atoms with Crippen molar-refractivity contribution >= 4 is 17.3 Å². The standard InChI is InChI=1S/C15H25ClN4O/c1-10(2)9-20-15(21)14(16)13(8-18-20)19(3)12-6-4-5-11(12)7-17/h8,10-12H,4-7,9,17H2,1-3H3. The SMILES string of the molecule is CC(C)Cn1ncc(N(C)C2CCCC2CN)c(Cl)c1=O. The van der Waals surface area contributed by atoms with Crippen molar-refractivity contribution in [2.45, 2.75) is 45.7 Å². The summed E-state index contributed by atoms with van der Waals surface area (Å²) in [6.45, 7) is 5.35. The smallest absolute Gasteiger partial charge is 0.287 e. The average Bonchev–Trinajstić information content (AvgIpc) is 2.91. The van der Waals surface area contributed by atoms with Gasteiger partial charge in [0.25, 0.3) is 5.56 Å². The maximum Gasteiger partial charge on any atom is 0.287 e. The van der Waals surface area contributed by atoms with E-state index in [2.05, 4.69) is 10.00 Å². The summed E-state index contributed by atoms with van der Waals surface area (Å²) in [6, 6.07) is 0.342. The molecule has 5 nitrogen and oxygen atoms in total. The minimum absolute atomic E-state index is 0.211. The van der Waals surface area contributed by atoms with Crippen LogP contribution in [0, 0.1) is 11.8 Å². The molecule has 2 rings (SSSR count). The molecule has 1 fully saturated rings. The lowest BCUT2D eigenvalue weighted by atomic mass is 10.0. The molecule has 1 saturated carbocycles. The number of hydrogen-bond acceptors (Lipinski definition) is 4. The lowest BCUT2D eigenvalue weighted by molar-refractivity contribution is 0.457. The van der Waals surface area contributed by atoms with Gasteiger partial charge in [0.2, 0.25) is 0 Å². The van der Waals surface area contributed by atoms with Gasteiger partial charge in [-0.25, -0.2) is 4.68 Å². The first-order valence-electron chi connectivity index (χ1n) is 7.64. The van der Waals surface area contributed by atoms with Gasteiger partial charge in [-0.15, -0.1) is 0 Å². The first-order chi connectivity index (χ1) is 9.95. The Morgan fingerprint density at radius 2 is 2.24 bits per heavy atom. The normalized spacial score (nSPS) is 22.0. The van der Waals surface area contributed by atoms with Crippen LogP contribution in [0.5, 0.6) is 0 Å². The predicted molar refractivity (Wildman–Crippen MR) is 86.9 cm³/mol. The molecular weight excluding hydrogens is 288 g/mol. The summed E-state index contributed by atoms with van der Waals surface area (Å²) in [6.07, 6.45) is 5.11. The molecule has 1 aromatic heterocycles. The Morgan fingerprint density at radius 1 is 1.52 bits per heavy atom. The number of aromatic nitrogens is 2. The third-order valence-electron chi connectivity index (χ3n) is 4.30. The zero-order valence-corrected chi connectivity index (χ0v) is 13.8. The van der Waals surface area contributed by atoms with Crippen LogP contribution in [0.1, 0.15) is 33.1 Å². The molecule has 1 aromatic rings. The van der Waals surface area contributed by atoms with E-state index in [1.165, 1.54) is 11.1 Å². The molecule has 6 heteroatoms. The topological polar surface area (TPSA) is 64.2 Å². The predicted octanol–water partition coefficient (Wildman–Crippen LogP) is 2.12. The van der Waals surface area contributed by atoms with Crippen LogP contribution in [0.2, 0.25) is 5.02 Å². The second kappa shape index (κ2) is 6.79. The summed E-state index contributed by atoms with van der Waals surface area (Å²) in [7, 11) is 1.98. The van der Waals surface area contributed by atoms with Crippen LogP contribution < -0.4 is 16.2 Å². The molecule has 2 unspecified atom stereocenters. The molecule has 0 spiro atoms. The molecule has 1 aliphatic rings. The van der Waals surface area contributed by atoms with E-state index < -0.39 is 0 Å². The van der Waals surface area contributed by atoms with Crippen LogP contribution in [-0.2, 0) is 6.54 Å². The Labute approximate surface area is 131 Å². The maximum absolute atomic E-state index is 12.3. The van der Waals surface area contributed by atoms with Crippen molar-refractivity contribution in [3.05, 3.63) is 21.6 Å². The van der Waals surface area contributed by atoms with Crippen LogP contribution in [-0.4, -0.2) is 29.4 Å². The van der Waals surface area contributed by atoms with Crippen molar-refractivity contribution in [1.82, 2.24) is 9.78 Å². The summed E-state index contributed by atoms with van der Waals surface area (Å²) in [5.41, 5.74) is 6.35. The fraction of sp³-hybridized carbons (Fsp3) is 0.733. The summed E-state index contributed by atoms with van der Waals surface area (Å²) in [5.74, 6) is 0.815. The number of anilines is 1. The third kappa shape index (κ3) is 3.40. The Morgan fingerprint density at radius 3 is 2.86 bits per heavy atom. The number of nitrogens with two attached hydrogens (primary N) is 1. The van der Waals surface area contributed by atoms with Crippen LogP contribution in [0.25, 0.3) is 0 Å². The largest absolute Gasteiger partial charge is 0.369 e. The number of rotatable bonds is 5. The van der Waals surface area contributed by atoms with Gasteiger partial charge in [0.1, 0.15) is 5.02 Å². The van der Waals surface area contributed by atoms with E-state index in [0.29, 0.717) is 36.7 Å². The average molecular weight is 313 g/mol. The second-order valence-electron chi connectivity index (χ2n) is 6.33. The Bertz CT molecular complexity index is 543. The van der Waals surface area contributed by atoms with Gasteiger partial charge >= 0.3 is 0 Å². The second-order valence-corrected chi connectivity index (χ2v) is 6.71. The fourth-order valence-corrected chi connectivity index (χ4v) is 3.44. The van der Waals surface area contributed by atoms with Crippen molar-refractivity contribution < 1.29 is 0 Å². The summed E-state index contributed by atoms with van der Waals surface area (Å²) in [4.78, 5) is 14.4. The molecule has 1 aliphatic carbocycles. The maximum atomic E-state index is 12.3. The van der Waals surface area contributed by atoms with E-state index in [0.717, 1.165) is 12.8 Å².